The average Bonchev–Trinajstić information content (AvgIpc) is 2.64. The first-order chi connectivity index (χ1) is 6.33. The SMILES string of the molecule is CCC(O)CNCCc1nn[nH]n1. The molecule has 0 fully saturated rings. The summed E-state index contributed by atoms with van der Waals surface area (Å²) in [4.78, 5) is 0. The Morgan fingerprint density at radius 1 is 1.62 bits per heavy atom. The van der Waals surface area contributed by atoms with E-state index in [4.69, 9.17) is 0 Å². The monoisotopic (exact) mass is 185 g/mol. The number of hydrogen-bond acceptors (Lipinski definition) is 5. The summed E-state index contributed by atoms with van der Waals surface area (Å²) in [5.74, 6) is 0.693. The fourth-order valence-corrected chi connectivity index (χ4v) is 0.902. The molecule has 1 aromatic rings. The molecule has 6 nitrogen and oxygen atoms in total. The van der Waals surface area contributed by atoms with Gasteiger partial charge in [0.15, 0.2) is 5.82 Å². The maximum atomic E-state index is 9.20. The minimum Gasteiger partial charge on any atom is -0.392 e. The first-order valence-corrected chi connectivity index (χ1v) is 4.44. The van der Waals surface area contributed by atoms with Crippen LogP contribution in [-0.2, 0) is 6.42 Å². The minimum absolute atomic E-state index is 0.259. The molecule has 0 aliphatic carbocycles. The lowest BCUT2D eigenvalue weighted by molar-refractivity contribution is 0.167. The number of aromatic amines is 1. The van der Waals surface area contributed by atoms with Crippen molar-refractivity contribution in [3.05, 3.63) is 5.82 Å². The highest BCUT2D eigenvalue weighted by Gasteiger charge is 2.00. The number of nitrogens with one attached hydrogen (secondary N) is 2. The fraction of sp³-hybridized carbons (Fsp3) is 0.857. The van der Waals surface area contributed by atoms with Crippen LogP contribution in [0.1, 0.15) is 19.2 Å². The number of aromatic nitrogens is 4. The molecule has 6 heteroatoms. The third-order valence-electron chi connectivity index (χ3n) is 1.77. The van der Waals surface area contributed by atoms with Gasteiger partial charge in [0.25, 0.3) is 0 Å². The maximum Gasteiger partial charge on any atom is 0.175 e. The summed E-state index contributed by atoms with van der Waals surface area (Å²) in [6.07, 6.45) is 1.24. The van der Waals surface area contributed by atoms with Gasteiger partial charge in [-0.2, -0.15) is 5.21 Å². The molecule has 0 aliphatic heterocycles. The van der Waals surface area contributed by atoms with E-state index in [2.05, 4.69) is 25.9 Å². The van der Waals surface area contributed by atoms with Crippen LogP contribution in [-0.4, -0.2) is 44.9 Å². The topological polar surface area (TPSA) is 86.7 Å². The van der Waals surface area contributed by atoms with Crippen molar-refractivity contribution >= 4 is 0 Å². The lowest BCUT2D eigenvalue weighted by atomic mass is 10.3. The molecule has 0 amide bonds. The second-order valence-corrected chi connectivity index (χ2v) is 2.84. The Morgan fingerprint density at radius 3 is 3.08 bits per heavy atom. The van der Waals surface area contributed by atoms with Crippen molar-refractivity contribution in [1.82, 2.24) is 25.9 Å². The zero-order valence-corrected chi connectivity index (χ0v) is 7.69. The van der Waals surface area contributed by atoms with Crippen molar-refractivity contribution in [2.75, 3.05) is 13.1 Å². The number of aliphatic hydroxyl groups excluding tert-OH is 1. The van der Waals surface area contributed by atoms with Gasteiger partial charge in [0.2, 0.25) is 0 Å². The van der Waals surface area contributed by atoms with E-state index in [1.807, 2.05) is 6.92 Å². The summed E-state index contributed by atoms with van der Waals surface area (Å²) < 4.78 is 0. The lowest BCUT2D eigenvalue weighted by Gasteiger charge is -2.07. The summed E-state index contributed by atoms with van der Waals surface area (Å²) in [6, 6.07) is 0. The Balaban J connectivity index is 2.02. The number of hydrogen-bond donors (Lipinski definition) is 3. The molecule has 1 atom stereocenters. The van der Waals surface area contributed by atoms with Gasteiger partial charge in [-0.3, -0.25) is 0 Å². The first-order valence-electron chi connectivity index (χ1n) is 4.44. The summed E-state index contributed by atoms with van der Waals surface area (Å²) in [7, 11) is 0. The number of rotatable bonds is 6. The zero-order chi connectivity index (χ0) is 9.52. The van der Waals surface area contributed by atoms with Crippen LogP contribution in [0.2, 0.25) is 0 Å². The lowest BCUT2D eigenvalue weighted by Crippen LogP contribution is -2.28. The van der Waals surface area contributed by atoms with Crippen LogP contribution in [0.25, 0.3) is 0 Å². The Labute approximate surface area is 76.7 Å². The highest BCUT2D eigenvalue weighted by atomic mass is 16.3. The van der Waals surface area contributed by atoms with Gasteiger partial charge in [-0.25, -0.2) is 0 Å². The molecule has 1 unspecified atom stereocenters. The van der Waals surface area contributed by atoms with Gasteiger partial charge in [0.05, 0.1) is 6.10 Å². The van der Waals surface area contributed by atoms with Crippen molar-refractivity contribution in [1.29, 1.82) is 0 Å². The van der Waals surface area contributed by atoms with Crippen LogP contribution < -0.4 is 5.32 Å². The third kappa shape index (κ3) is 3.95. The zero-order valence-electron chi connectivity index (χ0n) is 7.69. The Hall–Kier alpha value is -1.01. The molecule has 3 N–H and O–H groups in total. The van der Waals surface area contributed by atoms with Gasteiger partial charge in [-0.15, -0.1) is 10.2 Å². The molecule has 74 valence electrons. The van der Waals surface area contributed by atoms with E-state index in [1.54, 1.807) is 0 Å². The molecule has 0 radical (unpaired) electrons. The van der Waals surface area contributed by atoms with Gasteiger partial charge < -0.3 is 10.4 Å². The normalized spacial score (nSPS) is 13.1. The van der Waals surface area contributed by atoms with Gasteiger partial charge >= 0.3 is 0 Å². The van der Waals surface area contributed by atoms with Crippen LogP contribution in [0.5, 0.6) is 0 Å². The van der Waals surface area contributed by atoms with Crippen molar-refractivity contribution in [2.45, 2.75) is 25.9 Å². The van der Waals surface area contributed by atoms with Gasteiger partial charge in [0, 0.05) is 19.5 Å². The Morgan fingerprint density at radius 2 is 2.46 bits per heavy atom. The number of tetrazole rings is 1. The molecule has 0 aromatic carbocycles. The predicted octanol–water partition coefficient (Wildman–Crippen LogP) is -0.897. The average molecular weight is 185 g/mol. The predicted molar refractivity (Wildman–Crippen MR) is 47.0 cm³/mol. The maximum absolute atomic E-state index is 9.20. The van der Waals surface area contributed by atoms with E-state index in [-0.39, 0.29) is 6.10 Å². The summed E-state index contributed by atoms with van der Waals surface area (Å²) in [5, 5.41) is 25.7. The molecule has 13 heavy (non-hydrogen) atoms. The van der Waals surface area contributed by atoms with Gasteiger partial charge in [0.1, 0.15) is 0 Å². The van der Waals surface area contributed by atoms with Crippen molar-refractivity contribution in [2.24, 2.45) is 0 Å². The molecule has 0 bridgehead atoms. The Bertz CT molecular complexity index is 213. The van der Waals surface area contributed by atoms with Gasteiger partial charge in [-0.05, 0) is 6.42 Å². The molecule has 1 aromatic heterocycles. The van der Waals surface area contributed by atoms with E-state index in [0.29, 0.717) is 12.4 Å². The van der Waals surface area contributed by atoms with Crippen molar-refractivity contribution in [3.8, 4) is 0 Å². The minimum atomic E-state index is -0.259. The first kappa shape index (κ1) is 10.1. The van der Waals surface area contributed by atoms with Crippen LogP contribution in [0, 0.1) is 0 Å². The second kappa shape index (κ2) is 5.60. The molecule has 0 aliphatic rings. The highest BCUT2D eigenvalue weighted by Crippen LogP contribution is 1.87. The van der Waals surface area contributed by atoms with Crippen molar-refractivity contribution < 1.29 is 5.11 Å². The van der Waals surface area contributed by atoms with Gasteiger partial charge in [-0.1, -0.05) is 12.1 Å². The number of H-pyrrole nitrogens is 1. The van der Waals surface area contributed by atoms with Crippen LogP contribution in [0.4, 0.5) is 0 Å². The molecular weight excluding hydrogens is 170 g/mol. The van der Waals surface area contributed by atoms with E-state index < -0.39 is 0 Å². The second-order valence-electron chi connectivity index (χ2n) is 2.84. The Kier molecular flexibility index (Phi) is 4.34. The van der Waals surface area contributed by atoms with Crippen LogP contribution in [0.15, 0.2) is 0 Å². The van der Waals surface area contributed by atoms with Crippen LogP contribution in [0.3, 0.4) is 0 Å². The van der Waals surface area contributed by atoms with Crippen LogP contribution >= 0.6 is 0 Å². The molecule has 0 saturated carbocycles. The molecule has 0 saturated heterocycles. The van der Waals surface area contributed by atoms with E-state index in [1.165, 1.54) is 0 Å². The molecule has 1 rings (SSSR count). The molecule has 1 heterocycles. The third-order valence-corrected chi connectivity index (χ3v) is 1.77. The van der Waals surface area contributed by atoms with E-state index in [0.717, 1.165) is 19.4 Å². The fourth-order valence-electron chi connectivity index (χ4n) is 0.902. The number of nitrogens with zero attached hydrogens (tertiary/aromatic N) is 3. The molecular formula is C7H15N5O. The summed E-state index contributed by atoms with van der Waals surface area (Å²) in [5.41, 5.74) is 0. The largest absolute Gasteiger partial charge is 0.392 e. The van der Waals surface area contributed by atoms with Crippen molar-refractivity contribution in [3.63, 3.8) is 0 Å². The summed E-state index contributed by atoms with van der Waals surface area (Å²) >= 11 is 0. The number of aliphatic hydroxyl groups is 1. The summed E-state index contributed by atoms with van der Waals surface area (Å²) in [6.45, 7) is 3.33. The smallest absolute Gasteiger partial charge is 0.175 e. The van der Waals surface area contributed by atoms with E-state index >= 15 is 0 Å². The highest BCUT2D eigenvalue weighted by molar-refractivity contribution is 4.76. The molecule has 0 spiro atoms. The van der Waals surface area contributed by atoms with E-state index in [9.17, 15) is 5.11 Å². The standard InChI is InChI=1S/C7H15N5O/c1-2-6(13)5-8-4-3-7-9-11-12-10-7/h6,8,13H,2-5H2,1H3,(H,9,10,11,12). The quantitative estimate of drug-likeness (QED) is 0.500.